The molecule has 1 aliphatic heterocycles. The van der Waals surface area contributed by atoms with E-state index in [0.29, 0.717) is 6.54 Å². The van der Waals surface area contributed by atoms with Crippen LogP contribution in [-0.4, -0.2) is 43.5 Å². The lowest BCUT2D eigenvalue weighted by molar-refractivity contribution is -0.677. The molecule has 0 spiro atoms. The zero-order chi connectivity index (χ0) is 20.8. The van der Waals surface area contributed by atoms with Crippen molar-refractivity contribution < 1.29 is 10.1 Å². The van der Waals surface area contributed by atoms with Gasteiger partial charge in [-0.15, -0.1) is 0 Å². The van der Waals surface area contributed by atoms with Crippen LogP contribution in [-0.2, 0) is 4.79 Å². The molecule has 30 heavy (non-hydrogen) atoms. The van der Waals surface area contributed by atoms with Crippen molar-refractivity contribution in [2.45, 2.75) is 6.04 Å². The maximum atomic E-state index is 12.9. The second-order valence-corrected chi connectivity index (χ2v) is 8.02. The molecule has 1 aliphatic rings. The first-order chi connectivity index (χ1) is 14.7. The number of rotatable bonds is 6. The molecule has 1 heterocycles. The molecule has 3 aromatic carbocycles. The number of carbonyl (C=O) groups is 1. The molecule has 4 nitrogen and oxygen atoms in total. The number of quaternary nitrogens is 1. The summed E-state index contributed by atoms with van der Waals surface area (Å²) in [5, 5.41) is 2.89. The van der Waals surface area contributed by atoms with Crippen molar-refractivity contribution in [1.82, 2.24) is 4.90 Å². The second-order valence-electron chi connectivity index (χ2n) is 7.59. The van der Waals surface area contributed by atoms with E-state index in [-0.39, 0.29) is 11.9 Å². The number of hydrogen-bond donors (Lipinski definition) is 1. The van der Waals surface area contributed by atoms with Crippen molar-refractivity contribution in [2.75, 3.05) is 37.6 Å². The molecule has 0 aromatic heterocycles. The van der Waals surface area contributed by atoms with Crippen LogP contribution < -0.4 is 10.2 Å². The fraction of sp³-hybridized carbons (Fsp3) is 0.240. The van der Waals surface area contributed by atoms with E-state index in [9.17, 15) is 4.79 Å². The number of nitrogens with two attached hydrogens (primary N) is 1. The quantitative estimate of drug-likeness (QED) is 0.664. The summed E-state index contributed by atoms with van der Waals surface area (Å²) in [6.07, 6.45) is 0. The lowest BCUT2D eigenvalue weighted by Gasteiger charge is -2.36. The van der Waals surface area contributed by atoms with Crippen LogP contribution in [0.15, 0.2) is 84.9 Å². The average Bonchev–Trinajstić information content (AvgIpc) is 2.81. The summed E-state index contributed by atoms with van der Waals surface area (Å²) >= 11 is 6.12. The zero-order valence-electron chi connectivity index (χ0n) is 17.0. The molecule has 154 valence electrons. The molecule has 0 bridgehead atoms. The van der Waals surface area contributed by atoms with E-state index >= 15 is 0 Å². The number of piperazine rings is 1. The molecule has 0 unspecified atom stereocenters. The van der Waals surface area contributed by atoms with Crippen molar-refractivity contribution >= 4 is 23.2 Å². The van der Waals surface area contributed by atoms with Gasteiger partial charge < -0.3 is 15.1 Å². The Kier molecular flexibility index (Phi) is 6.67. The summed E-state index contributed by atoms with van der Waals surface area (Å²) in [4.78, 5) is 17.2. The van der Waals surface area contributed by atoms with Crippen LogP contribution in [0.1, 0.15) is 17.2 Å². The Bertz CT molecular complexity index is 917. The number of amides is 1. The molecule has 4 rings (SSSR count). The van der Waals surface area contributed by atoms with E-state index in [1.807, 2.05) is 35.2 Å². The highest BCUT2D eigenvalue weighted by molar-refractivity contribution is 6.30. The summed E-state index contributed by atoms with van der Waals surface area (Å²) in [6.45, 7) is 3.56. The molecule has 2 N–H and O–H groups in total. The van der Waals surface area contributed by atoms with E-state index in [1.54, 1.807) is 0 Å². The van der Waals surface area contributed by atoms with Crippen LogP contribution in [0.3, 0.4) is 0 Å². The van der Waals surface area contributed by atoms with Gasteiger partial charge in [0.1, 0.15) is 6.04 Å². The lowest BCUT2D eigenvalue weighted by Crippen LogP contribution is -2.88. The van der Waals surface area contributed by atoms with Crippen molar-refractivity contribution in [2.24, 2.45) is 0 Å². The molecule has 0 saturated carbocycles. The molecular weight excluding hydrogens is 394 g/mol. The molecule has 1 fully saturated rings. The molecule has 3 aromatic rings. The van der Waals surface area contributed by atoms with E-state index in [4.69, 9.17) is 11.6 Å². The summed E-state index contributed by atoms with van der Waals surface area (Å²) < 4.78 is 0. The van der Waals surface area contributed by atoms with E-state index in [1.165, 1.54) is 11.1 Å². The zero-order valence-corrected chi connectivity index (χ0v) is 17.7. The fourth-order valence-corrected chi connectivity index (χ4v) is 4.20. The van der Waals surface area contributed by atoms with Gasteiger partial charge in [-0.1, -0.05) is 78.3 Å². The third-order valence-corrected chi connectivity index (χ3v) is 5.89. The Hall–Kier alpha value is -2.82. The van der Waals surface area contributed by atoms with Gasteiger partial charge in [-0.2, -0.15) is 0 Å². The summed E-state index contributed by atoms with van der Waals surface area (Å²) in [6, 6.07) is 28.8. The van der Waals surface area contributed by atoms with E-state index in [0.717, 1.165) is 36.9 Å². The van der Waals surface area contributed by atoms with Gasteiger partial charge in [-0.3, -0.25) is 4.79 Å². The number of carbonyl (C=O) groups excluding carboxylic acids is 1. The largest absolute Gasteiger partial charge is 0.368 e. The van der Waals surface area contributed by atoms with Crippen LogP contribution in [0.25, 0.3) is 0 Å². The van der Waals surface area contributed by atoms with Gasteiger partial charge in [-0.05, 0) is 18.2 Å². The minimum atomic E-state index is 0.115. The number of hydrogen-bond acceptors (Lipinski definition) is 2. The van der Waals surface area contributed by atoms with Gasteiger partial charge in [0.2, 0.25) is 0 Å². The van der Waals surface area contributed by atoms with Gasteiger partial charge in [0.05, 0.1) is 0 Å². The predicted molar refractivity (Wildman–Crippen MR) is 122 cm³/mol. The Labute approximate surface area is 183 Å². The highest BCUT2D eigenvalue weighted by atomic mass is 35.5. The highest BCUT2D eigenvalue weighted by Gasteiger charge is 2.24. The van der Waals surface area contributed by atoms with Crippen LogP contribution >= 0.6 is 11.6 Å². The Morgan fingerprint density at radius 1 is 0.833 bits per heavy atom. The summed E-state index contributed by atoms with van der Waals surface area (Å²) in [7, 11) is 0. The first kappa shape index (κ1) is 20.5. The summed E-state index contributed by atoms with van der Waals surface area (Å²) in [5.74, 6) is 0.192. The Morgan fingerprint density at radius 2 is 1.43 bits per heavy atom. The third kappa shape index (κ3) is 5.02. The molecule has 1 amide bonds. The summed E-state index contributed by atoms with van der Waals surface area (Å²) in [5.41, 5.74) is 3.54. The first-order valence-corrected chi connectivity index (χ1v) is 10.8. The van der Waals surface area contributed by atoms with Crippen LogP contribution in [0, 0.1) is 0 Å². The Morgan fingerprint density at radius 3 is 2.00 bits per heavy atom. The van der Waals surface area contributed by atoms with Crippen LogP contribution in [0.2, 0.25) is 5.02 Å². The molecule has 5 heteroatoms. The number of anilines is 1. The fourth-order valence-electron chi connectivity index (χ4n) is 4.02. The first-order valence-electron chi connectivity index (χ1n) is 10.4. The maximum absolute atomic E-state index is 12.9. The second kappa shape index (κ2) is 9.79. The van der Waals surface area contributed by atoms with Gasteiger partial charge in [0.25, 0.3) is 5.91 Å². The van der Waals surface area contributed by atoms with E-state index < -0.39 is 0 Å². The van der Waals surface area contributed by atoms with Gasteiger partial charge in [0, 0.05) is 48.0 Å². The number of halogens is 1. The lowest BCUT2D eigenvalue weighted by atomic mass is 9.99. The van der Waals surface area contributed by atoms with Gasteiger partial charge >= 0.3 is 0 Å². The van der Waals surface area contributed by atoms with Crippen LogP contribution in [0.5, 0.6) is 0 Å². The van der Waals surface area contributed by atoms with Gasteiger partial charge in [-0.25, -0.2) is 0 Å². The third-order valence-electron chi connectivity index (χ3n) is 5.65. The van der Waals surface area contributed by atoms with Crippen LogP contribution in [0.4, 0.5) is 5.69 Å². The average molecular weight is 421 g/mol. The normalized spacial score (nSPS) is 14.2. The molecular formula is C25H27ClN3O+. The molecule has 1 saturated heterocycles. The topological polar surface area (TPSA) is 40.2 Å². The SMILES string of the molecule is O=C(C[NH2+]C(c1ccccc1)c1ccccc1)N1CCN(c2cccc(Cl)c2)CC1. The smallest absolute Gasteiger partial charge is 0.277 e. The standard InChI is InChI=1S/C25H26ClN3O/c26-22-12-7-13-23(18-22)28-14-16-29(17-15-28)24(30)19-27-25(20-8-3-1-4-9-20)21-10-5-2-6-11-21/h1-13,18,25,27H,14-17,19H2/p+1. The van der Waals surface area contributed by atoms with Crippen molar-refractivity contribution in [3.8, 4) is 0 Å². The predicted octanol–water partition coefficient (Wildman–Crippen LogP) is 3.34. The van der Waals surface area contributed by atoms with Gasteiger partial charge in [0.15, 0.2) is 6.54 Å². The monoisotopic (exact) mass is 420 g/mol. The number of benzene rings is 3. The molecule has 0 radical (unpaired) electrons. The minimum absolute atomic E-state index is 0.115. The molecule has 0 atom stereocenters. The Balaban J connectivity index is 1.36. The van der Waals surface area contributed by atoms with Crippen molar-refractivity contribution in [3.05, 3.63) is 101 Å². The minimum Gasteiger partial charge on any atom is -0.368 e. The molecule has 0 aliphatic carbocycles. The van der Waals surface area contributed by atoms with Crippen molar-refractivity contribution in [1.29, 1.82) is 0 Å². The maximum Gasteiger partial charge on any atom is 0.277 e. The highest BCUT2D eigenvalue weighted by Crippen LogP contribution is 2.21. The van der Waals surface area contributed by atoms with Crippen molar-refractivity contribution in [3.63, 3.8) is 0 Å². The number of nitrogens with zero attached hydrogens (tertiary/aromatic N) is 2. The van der Waals surface area contributed by atoms with E-state index in [2.05, 4.69) is 64.8 Å².